The molecule has 0 radical (unpaired) electrons. The number of halogens is 6. The van der Waals surface area contributed by atoms with Gasteiger partial charge >= 0.3 is 12.5 Å². The van der Waals surface area contributed by atoms with Crippen LogP contribution in [-0.4, -0.2) is 27.5 Å². The Labute approximate surface area is 157 Å². The molecule has 4 nitrogen and oxygen atoms in total. The van der Waals surface area contributed by atoms with E-state index in [4.69, 9.17) is 0 Å². The molecule has 0 amide bonds. The molecule has 1 N–H and O–H groups in total. The van der Waals surface area contributed by atoms with E-state index in [0.29, 0.717) is 0 Å². The fourth-order valence-corrected chi connectivity index (χ4v) is 3.49. The maximum atomic E-state index is 13.2. The van der Waals surface area contributed by atoms with Crippen LogP contribution in [0.15, 0.2) is 59.5 Å². The van der Waals surface area contributed by atoms with Crippen molar-refractivity contribution in [2.24, 2.45) is 0 Å². The zero-order valence-corrected chi connectivity index (χ0v) is 14.9. The molecule has 0 fully saturated rings. The molecular formula is C17H15F6NO3S. The summed E-state index contributed by atoms with van der Waals surface area (Å²) in [7, 11) is -4.20. The summed E-state index contributed by atoms with van der Waals surface area (Å²) >= 11 is 0. The third-order valence-electron chi connectivity index (χ3n) is 3.69. The first-order valence-electron chi connectivity index (χ1n) is 7.85. The van der Waals surface area contributed by atoms with Gasteiger partial charge in [-0.25, -0.2) is 13.1 Å². The number of benzene rings is 2. The summed E-state index contributed by atoms with van der Waals surface area (Å²) in [5, 5.41) is 0. The number of ether oxygens (including phenoxy) is 1. The topological polar surface area (TPSA) is 55.4 Å². The lowest BCUT2D eigenvalue weighted by molar-refractivity contribution is -0.274. The number of nitrogens with one attached hydrogen (secondary N) is 1. The van der Waals surface area contributed by atoms with E-state index >= 15 is 0 Å². The van der Waals surface area contributed by atoms with Crippen LogP contribution < -0.4 is 9.46 Å². The average Bonchev–Trinajstić information content (AvgIpc) is 2.57. The number of sulfonamides is 1. The number of hydrogen-bond donors (Lipinski definition) is 1. The van der Waals surface area contributed by atoms with Crippen molar-refractivity contribution in [1.29, 1.82) is 0 Å². The lowest BCUT2D eigenvalue weighted by Gasteiger charge is -2.21. The Balaban J connectivity index is 2.04. The fourth-order valence-electron chi connectivity index (χ4n) is 2.45. The summed E-state index contributed by atoms with van der Waals surface area (Å²) < 4.78 is 106. The number of alkyl halides is 6. The van der Waals surface area contributed by atoms with Crippen molar-refractivity contribution in [3.8, 4) is 5.75 Å². The molecule has 2 aromatic carbocycles. The maximum Gasteiger partial charge on any atom is 0.573 e. The molecule has 0 saturated carbocycles. The van der Waals surface area contributed by atoms with E-state index in [1.54, 1.807) is 6.07 Å². The Morgan fingerprint density at radius 3 is 1.96 bits per heavy atom. The zero-order valence-electron chi connectivity index (χ0n) is 14.1. The molecule has 0 spiro atoms. The Kier molecular flexibility index (Phi) is 6.60. The minimum absolute atomic E-state index is 0.00264. The highest BCUT2D eigenvalue weighted by atomic mass is 32.2. The Morgan fingerprint density at radius 2 is 1.46 bits per heavy atom. The third-order valence-corrected chi connectivity index (χ3v) is 5.17. The monoisotopic (exact) mass is 427 g/mol. The highest BCUT2D eigenvalue weighted by Gasteiger charge is 2.40. The van der Waals surface area contributed by atoms with Crippen molar-refractivity contribution < 1.29 is 39.5 Å². The average molecular weight is 427 g/mol. The Hall–Kier alpha value is -2.27. The van der Waals surface area contributed by atoms with E-state index in [1.807, 2.05) is 4.72 Å². The first-order chi connectivity index (χ1) is 12.9. The van der Waals surface area contributed by atoms with Crippen molar-refractivity contribution in [2.75, 3.05) is 6.54 Å². The molecule has 0 bridgehead atoms. The minimum atomic E-state index is -4.93. The van der Waals surface area contributed by atoms with Crippen LogP contribution >= 0.6 is 0 Å². The van der Waals surface area contributed by atoms with Gasteiger partial charge in [0.1, 0.15) is 5.75 Å². The highest BCUT2D eigenvalue weighted by Crippen LogP contribution is 2.37. The lowest BCUT2D eigenvalue weighted by atomic mass is 9.95. The smallest absolute Gasteiger partial charge is 0.406 e. The summed E-state index contributed by atoms with van der Waals surface area (Å²) in [5.74, 6) is -2.48. The summed E-state index contributed by atoms with van der Waals surface area (Å²) in [5.41, 5.74) is 0.00264. The molecule has 0 aliphatic heterocycles. The van der Waals surface area contributed by atoms with E-state index in [2.05, 4.69) is 4.74 Å². The Bertz CT molecular complexity index is 865. The standard InChI is InChI=1S/C17H15F6NO3S/c18-16(19,20)15(12-4-2-1-3-5-12)10-11-24-28(25,26)14-8-6-13(7-9-14)27-17(21,22)23/h1-9,15,24H,10-11H2/t15-/m1/s1. The zero-order chi connectivity index (χ0) is 21.0. The normalized spacial score (nSPS) is 13.9. The van der Waals surface area contributed by atoms with Crippen LogP contribution in [0.25, 0.3) is 0 Å². The van der Waals surface area contributed by atoms with Gasteiger partial charge < -0.3 is 4.74 Å². The van der Waals surface area contributed by atoms with Gasteiger partial charge in [-0.1, -0.05) is 30.3 Å². The first kappa shape index (κ1) is 22.0. The van der Waals surface area contributed by atoms with E-state index in [0.717, 1.165) is 24.3 Å². The first-order valence-corrected chi connectivity index (χ1v) is 9.34. The van der Waals surface area contributed by atoms with E-state index in [-0.39, 0.29) is 5.56 Å². The molecule has 11 heteroatoms. The number of rotatable bonds is 7. The molecule has 0 saturated heterocycles. The molecule has 0 heterocycles. The molecular weight excluding hydrogens is 412 g/mol. The summed E-state index contributed by atoms with van der Waals surface area (Å²) in [6, 6.07) is 10.4. The van der Waals surface area contributed by atoms with Crippen LogP contribution in [0.4, 0.5) is 26.3 Å². The van der Waals surface area contributed by atoms with E-state index in [9.17, 15) is 34.8 Å². The van der Waals surface area contributed by atoms with Gasteiger partial charge in [0.05, 0.1) is 10.8 Å². The van der Waals surface area contributed by atoms with Crippen LogP contribution in [0.1, 0.15) is 17.9 Å². The Morgan fingerprint density at radius 1 is 0.893 bits per heavy atom. The van der Waals surface area contributed by atoms with Gasteiger partial charge in [0.15, 0.2) is 0 Å². The van der Waals surface area contributed by atoms with Gasteiger partial charge in [0, 0.05) is 6.54 Å². The maximum absolute atomic E-state index is 13.2. The highest BCUT2D eigenvalue weighted by molar-refractivity contribution is 7.89. The minimum Gasteiger partial charge on any atom is -0.406 e. The fraction of sp³-hybridized carbons (Fsp3) is 0.294. The van der Waals surface area contributed by atoms with Crippen LogP contribution in [0.5, 0.6) is 5.75 Å². The number of hydrogen-bond acceptors (Lipinski definition) is 3. The van der Waals surface area contributed by atoms with Gasteiger partial charge in [-0.2, -0.15) is 13.2 Å². The molecule has 1 atom stereocenters. The van der Waals surface area contributed by atoms with Crippen molar-refractivity contribution in [2.45, 2.75) is 29.8 Å². The molecule has 2 aromatic rings. The molecule has 28 heavy (non-hydrogen) atoms. The molecule has 154 valence electrons. The van der Waals surface area contributed by atoms with Gasteiger partial charge in [-0.05, 0) is 36.2 Å². The second-order valence-corrected chi connectivity index (χ2v) is 7.48. The van der Waals surface area contributed by atoms with Crippen molar-refractivity contribution in [3.05, 3.63) is 60.2 Å². The molecule has 2 rings (SSSR count). The van der Waals surface area contributed by atoms with Crippen LogP contribution in [0.2, 0.25) is 0 Å². The SMILES string of the molecule is O=S(=O)(NCC[C@H](c1ccccc1)C(F)(F)F)c1ccc(OC(F)(F)F)cc1. The van der Waals surface area contributed by atoms with Crippen LogP contribution in [-0.2, 0) is 10.0 Å². The van der Waals surface area contributed by atoms with E-state index < -0.39 is 52.1 Å². The van der Waals surface area contributed by atoms with Gasteiger partial charge in [-0.15, -0.1) is 13.2 Å². The molecule has 0 aliphatic carbocycles. The predicted molar refractivity (Wildman–Crippen MR) is 88.2 cm³/mol. The van der Waals surface area contributed by atoms with Crippen LogP contribution in [0.3, 0.4) is 0 Å². The van der Waals surface area contributed by atoms with Gasteiger partial charge in [0.25, 0.3) is 0 Å². The van der Waals surface area contributed by atoms with Gasteiger partial charge in [-0.3, -0.25) is 0 Å². The van der Waals surface area contributed by atoms with Crippen molar-refractivity contribution in [3.63, 3.8) is 0 Å². The second kappa shape index (κ2) is 8.39. The molecule has 0 aromatic heterocycles. The molecule has 0 aliphatic rings. The predicted octanol–water partition coefficient (Wildman–Crippen LogP) is 4.60. The van der Waals surface area contributed by atoms with Gasteiger partial charge in [0.2, 0.25) is 10.0 Å². The third kappa shape index (κ3) is 6.41. The summed E-state index contributed by atoms with van der Waals surface area (Å²) in [4.78, 5) is -0.398. The summed E-state index contributed by atoms with van der Waals surface area (Å²) in [6.07, 6.45) is -10.0. The quantitative estimate of drug-likeness (QED) is 0.658. The second-order valence-electron chi connectivity index (χ2n) is 5.71. The molecule has 0 unspecified atom stereocenters. The van der Waals surface area contributed by atoms with Crippen molar-refractivity contribution in [1.82, 2.24) is 4.72 Å². The lowest BCUT2D eigenvalue weighted by Crippen LogP contribution is -2.29. The summed E-state index contributed by atoms with van der Waals surface area (Å²) in [6.45, 7) is -0.512. The van der Waals surface area contributed by atoms with E-state index in [1.165, 1.54) is 24.3 Å². The van der Waals surface area contributed by atoms with Crippen LogP contribution in [0, 0.1) is 0 Å². The largest absolute Gasteiger partial charge is 0.573 e. The van der Waals surface area contributed by atoms with Crippen molar-refractivity contribution >= 4 is 10.0 Å².